The van der Waals surface area contributed by atoms with Crippen molar-refractivity contribution in [1.82, 2.24) is 35.3 Å². The number of carbonyl (C=O) groups excluding carboxylic acids is 1. The molecule has 0 bridgehead atoms. The van der Waals surface area contributed by atoms with Gasteiger partial charge in [0.25, 0.3) is 5.91 Å². The fourth-order valence-electron chi connectivity index (χ4n) is 3.95. The third-order valence-electron chi connectivity index (χ3n) is 6.13. The first-order valence-corrected chi connectivity index (χ1v) is 11.6. The van der Waals surface area contributed by atoms with E-state index < -0.39 is 5.54 Å². The number of carbonyl (C=O) groups is 1. The third-order valence-corrected chi connectivity index (χ3v) is 6.13. The van der Waals surface area contributed by atoms with E-state index in [0.717, 1.165) is 23.6 Å². The molecule has 0 unspecified atom stereocenters. The number of benzene rings is 1. The quantitative estimate of drug-likeness (QED) is 0.323. The van der Waals surface area contributed by atoms with Gasteiger partial charge in [-0.2, -0.15) is 4.52 Å². The smallest absolute Gasteiger partial charge is 0.254 e. The predicted molar refractivity (Wildman–Crippen MR) is 131 cm³/mol. The highest BCUT2D eigenvalue weighted by Crippen LogP contribution is 2.34. The summed E-state index contributed by atoms with van der Waals surface area (Å²) >= 11 is 0. The van der Waals surface area contributed by atoms with Crippen LogP contribution in [0, 0.1) is 12.3 Å². The van der Waals surface area contributed by atoms with E-state index in [4.69, 9.17) is 20.4 Å². The van der Waals surface area contributed by atoms with E-state index in [0.29, 0.717) is 40.1 Å². The summed E-state index contributed by atoms with van der Waals surface area (Å²) in [5, 5.41) is 21.8. The van der Waals surface area contributed by atoms with Crippen LogP contribution < -0.4 is 10.1 Å². The lowest BCUT2D eigenvalue weighted by atomic mass is 10.2. The fraction of sp³-hybridized carbons (Fsp3) is 0.231. The van der Waals surface area contributed by atoms with Crippen LogP contribution in [0.25, 0.3) is 27.9 Å². The van der Waals surface area contributed by atoms with Crippen molar-refractivity contribution in [3.63, 3.8) is 0 Å². The normalized spacial score (nSPS) is 13.9. The van der Waals surface area contributed by atoms with Crippen LogP contribution in [0.3, 0.4) is 0 Å². The Hall–Kier alpha value is -4.82. The molecule has 1 aromatic carbocycles. The van der Waals surface area contributed by atoms with Gasteiger partial charge in [0.2, 0.25) is 11.7 Å². The summed E-state index contributed by atoms with van der Waals surface area (Å²) in [7, 11) is 1.58. The molecule has 0 radical (unpaired) electrons. The molecule has 0 spiro atoms. The number of rotatable bonds is 8. The van der Waals surface area contributed by atoms with Crippen molar-refractivity contribution >= 4 is 22.3 Å². The number of aromatic nitrogens is 6. The number of methoxy groups -OCH3 is 1. The molecular formula is C26H21N7O4. The molecule has 1 N–H and O–H groups in total. The first kappa shape index (κ1) is 22.6. The SMILES string of the molecule is C#CC1(NC(=O)c2ccc(COc3nn4c(-c5cc(COC)on5)nnc4c4ccccc34)nc2)CC1. The van der Waals surface area contributed by atoms with Gasteiger partial charge in [-0.1, -0.05) is 29.3 Å². The first-order chi connectivity index (χ1) is 18.1. The minimum atomic E-state index is -0.511. The molecule has 37 heavy (non-hydrogen) atoms. The Balaban J connectivity index is 1.27. The zero-order chi connectivity index (χ0) is 25.4. The van der Waals surface area contributed by atoms with E-state index >= 15 is 0 Å². The van der Waals surface area contributed by atoms with Crippen LogP contribution in [0.4, 0.5) is 0 Å². The third kappa shape index (κ3) is 4.23. The number of nitrogens with zero attached hydrogens (tertiary/aromatic N) is 6. The van der Waals surface area contributed by atoms with Gasteiger partial charge < -0.3 is 19.3 Å². The molecule has 4 aromatic heterocycles. The van der Waals surface area contributed by atoms with Crippen molar-refractivity contribution < 1.29 is 18.8 Å². The zero-order valence-corrected chi connectivity index (χ0v) is 19.8. The number of fused-ring (bicyclic) bond motifs is 3. The summed E-state index contributed by atoms with van der Waals surface area (Å²) in [6, 6.07) is 12.8. The van der Waals surface area contributed by atoms with Crippen molar-refractivity contribution in [2.24, 2.45) is 0 Å². The van der Waals surface area contributed by atoms with Gasteiger partial charge in [0, 0.05) is 30.1 Å². The van der Waals surface area contributed by atoms with Gasteiger partial charge in [0.05, 0.1) is 11.3 Å². The topological polar surface area (TPSA) is 130 Å². The van der Waals surface area contributed by atoms with Crippen LogP contribution in [-0.4, -0.2) is 48.5 Å². The average Bonchev–Trinajstić information content (AvgIpc) is 3.33. The largest absolute Gasteiger partial charge is 0.470 e. The number of nitrogens with one attached hydrogen (secondary N) is 1. The van der Waals surface area contributed by atoms with E-state index in [1.165, 1.54) is 6.20 Å². The van der Waals surface area contributed by atoms with E-state index in [9.17, 15) is 4.79 Å². The van der Waals surface area contributed by atoms with Gasteiger partial charge in [-0.15, -0.1) is 21.7 Å². The number of amides is 1. The van der Waals surface area contributed by atoms with E-state index in [1.807, 2.05) is 24.3 Å². The lowest BCUT2D eigenvalue weighted by Gasteiger charge is -2.11. The zero-order valence-electron chi connectivity index (χ0n) is 19.8. The van der Waals surface area contributed by atoms with Crippen LogP contribution in [0.5, 0.6) is 5.88 Å². The van der Waals surface area contributed by atoms with Crippen molar-refractivity contribution in [2.75, 3.05) is 7.11 Å². The lowest BCUT2D eigenvalue weighted by molar-refractivity contribution is 0.0941. The summed E-state index contributed by atoms with van der Waals surface area (Å²) in [4.78, 5) is 16.8. The van der Waals surface area contributed by atoms with Crippen LogP contribution in [0.15, 0.2) is 53.2 Å². The molecule has 1 aliphatic rings. The molecule has 1 saturated carbocycles. The Bertz CT molecular complexity index is 1660. The monoisotopic (exact) mass is 495 g/mol. The van der Waals surface area contributed by atoms with Crippen molar-refractivity contribution in [1.29, 1.82) is 0 Å². The van der Waals surface area contributed by atoms with Crippen LogP contribution >= 0.6 is 0 Å². The second kappa shape index (κ2) is 9.00. The second-order valence-electron chi connectivity index (χ2n) is 8.73. The second-order valence-corrected chi connectivity index (χ2v) is 8.73. The minimum absolute atomic E-state index is 0.137. The highest BCUT2D eigenvalue weighted by Gasteiger charge is 2.42. The molecule has 5 aromatic rings. The molecule has 184 valence electrons. The standard InChI is InChI=1S/C26H21N7O4/c1-3-26(10-11-26)28-24(34)16-8-9-17(27-13-16)14-36-25-20-7-5-4-6-19(20)22-29-30-23(33(22)31-25)21-12-18(15-35-2)37-32-21/h1,4-9,12-13H,10-11,14-15H2,2H3,(H,28,34). The first-order valence-electron chi connectivity index (χ1n) is 11.6. The Labute approximate surface area is 210 Å². The van der Waals surface area contributed by atoms with Gasteiger partial charge in [0.15, 0.2) is 17.1 Å². The molecule has 1 amide bonds. The number of hydrogen-bond donors (Lipinski definition) is 1. The molecule has 11 nitrogen and oxygen atoms in total. The number of ether oxygens (including phenoxy) is 2. The van der Waals surface area contributed by atoms with Crippen LogP contribution in [0.2, 0.25) is 0 Å². The number of terminal acetylenes is 1. The van der Waals surface area contributed by atoms with Gasteiger partial charge in [0.1, 0.15) is 18.8 Å². The van der Waals surface area contributed by atoms with Crippen molar-refractivity contribution in [3.8, 4) is 29.7 Å². The molecule has 0 atom stereocenters. The predicted octanol–water partition coefficient (Wildman–Crippen LogP) is 2.95. The maximum absolute atomic E-state index is 12.5. The summed E-state index contributed by atoms with van der Waals surface area (Å²) in [6.07, 6.45) is 8.60. The van der Waals surface area contributed by atoms with Crippen molar-refractivity contribution in [2.45, 2.75) is 31.6 Å². The highest BCUT2D eigenvalue weighted by atomic mass is 16.5. The summed E-state index contributed by atoms with van der Waals surface area (Å²) in [6.45, 7) is 0.421. The number of pyridine rings is 1. The van der Waals surface area contributed by atoms with E-state index in [1.54, 1.807) is 29.8 Å². The van der Waals surface area contributed by atoms with Gasteiger partial charge >= 0.3 is 0 Å². The van der Waals surface area contributed by atoms with Crippen molar-refractivity contribution in [3.05, 3.63) is 65.7 Å². The summed E-state index contributed by atoms with van der Waals surface area (Å²) in [5.74, 6) is 3.74. The Morgan fingerprint density at radius 1 is 1.19 bits per heavy atom. The molecule has 0 saturated heterocycles. The Morgan fingerprint density at radius 3 is 2.76 bits per heavy atom. The summed E-state index contributed by atoms with van der Waals surface area (Å²) < 4.78 is 18.1. The van der Waals surface area contributed by atoms with E-state index in [-0.39, 0.29) is 19.1 Å². The molecule has 1 fully saturated rings. The number of hydrogen-bond acceptors (Lipinski definition) is 9. The molecular weight excluding hydrogens is 474 g/mol. The fourth-order valence-corrected chi connectivity index (χ4v) is 3.95. The Morgan fingerprint density at radius 2 is 2.03 bits per heavy atom. The maximum atomic E-state index is 12.5. The van der Waals surface area contributed by atoms with Crippen LogP contribution in [0.1, 0.15) is 34.7 Å². The van der Waals surface area contributed by atoms with E-state index in [2.05, 4.69) is 36.7 Å². The van der Waals surface area contributed by atoms with Crippen LogP contribution in [-0.2, 0) is 18.0 Å². The minimum Gasteiger partial charge on any atom is -0.470 e. The molecule has 4 heterocycles. The molecule has 6 rings (SSSR count). The summed E-state index contributed by atoms with van der Waals surface area (Å²) in [5.41, 5.74) is 1.59. The molecule has 0 aliphatic heterocycles. The lowest BCUT2D eigenvalue weighted by Crippen LogP contribution is -2.35. The van der Waals surface area contributed by atoms with Gasteiger partial charge in [-0.3, -0.25) is 9.78 Å². The molecule has 11 heteroatoms. The highest BCUT2D eigenvalue weighted by molar-refractivity contribution is 5.97. The van der Waals surface area contributed by atoms with Gasteiger partial charge in [-0.25, -0.2) is 0 Å². The molecule has 1 aliphatic carbocycles. The van der Waals surface area contributed by atoms with Gasteiger partial charge in [-0.05, 0) is 31.0 Å². The maximum Gasteiger partial charge on any atom is 0.254 e. The average molecular weight is 495 g/mol. The Kier molecular flexibility index (Phi) is 5.50.